The fraction of sp³-hybridized carbons (Fsp3) is 0.429. The van der Waals surface area contributed by atoms with Crippen molar-refractivity contribution in [1.82, 2.24) is 5.32 Å². The maximum Gasteiger partial charge on any atom is 0.251 e. The Morgan fingerprint density at radius 1 is 1.47 bits per heavy atom. The van der Waals surface area contributed by atoms with E-state index in [1.54, 1.807) is 18.2 Å². The summed E-state index contributed by atoms with van der Waals surface area (Å²) in [5, 5.41) is 14.7. The molecule has 0 fully saturated rings. The van der Waals surface area contributed by atoms with Gasteiger partial charge in [-0.05, 0) is 23.6 Å². The van der Waals surface area contributed by atoms with Crippen LogP contribution in [0.25, 0.3) is 0 Å². The summed E-state index contributed by atoms with van der Waals surface area (Å²) in [5.41, 5.74) is 2.09. The molecule has 1 aromatic rings. The lowest BCUT2D eigenvalue weighted by atomic mass is 10.0. The molecule has 1 aliphatic rings. The van der Waals surface area contributed by atoms with Gasteiger partial charge in [-0.1, -0.05) is 19.9 Å². The number of carbonyl (C=O) groups excluding carboxylic acids is 2. The van der Waals surface area contributed by atoms with Gasteiger partial charge in [0.15, 0.2) is 0 Å². The normalized spacial score (nSPS) is 15.1. The van der Waals surface area contributed by atoms with Crippen LogP contribution in [0.4, 0.5) is 5.69 Å². The van der Waals surface area contributed by atoms with Gasteiger partial charge >= 0.3 is 0 Å². The van der Waals surface area contributed by atoms with E-state index in [9.17, 15) is 14.7 Å². The maximum atomic E-state index is 12.1. The van der Waals surface area contributed by atoms with E-state index < -0.39 is 0 Å². The first kappa shape index (κ1) is 13.5. The lowest BCUT2D eigenvalue weighted by Crippen LogP contribution is -2.41. The Morgan fingerprint density at radius 2 is 2.21 bits per heavy atom. The van der Waals surface area contributed by atoms with Crippen LogP contribution in [0.5, 0.6) is 0 Å². The lowest BCUT2D eigenvalue weighted by Gasteiger charge is -2.20. The molecule has 1 aromatic carbocycles. The first-order chi connectivity index (χ1) is 9.01. The summed E-state index contributed by atoms with van der Waals surface area (Å²) in [5.74, 6) is -0.136. The van der Waals surface area contributed by atoms with Gasteiger partial charge in [0.2, 0.25) is 5.91 Å². The standard InChI is InChI=1S/C14H18N2O3/c1-8(2)12(7-17)16-14(19)10-4-3-9-6-13(18)15-11(9)5-10/h3-5,8,12,17H,6-7H2,1-2H3,(H,15,18)(H,16,19). The van der Waals surface area contributed by atoms with Crippen molar-refractivity contribution in [3.63, 3.8) is 0 Å². The van der Waals surface area contributed by atoms with Crippen LogP contribution < -0.4 is 10.6 Å². The quantitative estimate of drug-likeness (QED) is 0.755. The topological polar surface area (TPSA) is 78.4 Å². The SMILES string of the molecule is CC(C)C(CO)NC(=O)c1ccc2c(c1)NC(=O)C2. The van der Waals surface area contributed by atoms with Crippen molar-refractivity contribution in [2.24, 2.45) is 5.92 Å². The molecule has 0 saturated carbocycles. The Kier molecular flexibility index (Phi) is 3.85. The van der Waals surface area contributed by atoms with Gasteiger partial charge in [-0.15, -0.1) is 0 Å². The van der Waals surface area contributed by atoms with Crippen molar-refractivity contribution in [1.29, 1.82) is 0 Å². The molecule has 0 aliphatic carbocycles. The number of hydrogen-bond acceptors (Lipinski definition) is 3. The minimum atomic E-state index is -0.268. The molecule has 102 valence electrons. The molecule has 1 aliphatic heterocycles. The van der Waals surface area contributed by atoms with Gasteiger partial charge in [-0.2, -0.15) is 0 Å². The summed E-state index contributed by atoms with van der Waals surface area (Å²) >= 11 is 0. The minimum Gasteiger partial charge on any atom is -0.394 e. The van der Waals surface area contributed by atoms with Gasteiger partial charge in [-0.3, -0.25) is 9.59 Å². The Bertz CT molecular complexity index is 511. The third-order valence-electron chi connectivity index (χ3n) is 3.32. The molecule has 3 N–H and O–H groups in total. The van der Waals surface area contributed by atoms with E-state index in [1.165, 1.54) is 0 Å². The number of benzene rings is 1. The molecule has 1 atom stereocenters. The Balaban J connectivity index is 2.12. The zero-order valence-corrected chi connectivity index (χ0v) is 11.1. The highest BCUT2D eigenvalue weighted by atomic mass is 16.3. The van der Waals surface area contributed by atoms with Gasteiger partial charge in [-0.25, -0.2) is 0 Å². The van der Waals surface area contributed by atoms with Crippen molar-refractivity contribution in [2.45, 2.75) is 26.3 Å². The molecular weight excluding hydrogens is 244 g/mol. The van der Waals surface area contributed by atoms with E-state index in [-0.39, 0.29) is 30.4 Å². The number of rotatable bonds is 4. The molecule has 0 saturated heterocycles. The third kappa shape index (κ3) is 2.93. The van der Waals surface area contributed by atoms with Gasteiger partial charge in [0.25, 0.3) is 5.91 Å². The van der Waals surface area contributed by atoms with Crippen molar-refractivity contribution >= 4 is 17.5 Å². The summed E-state index contributed by atoms with van der Waals surface area (Å²) in [7, 11) is 0. The maximum absolute atomic E-state index is 12.1. The van der Waals surface area contributed by atoms with Gasteiger partial charge in [0, 0.05) is 11.3 Å². The number of carbonyl (C=O) groups is 2. The second-order valence-electron chi connectivity index (χ2n) is 5.10. The fourth-order valence-corrected chi connectivity index (χ4v) is 2.03. The summed E-state index contributed by atoms with van der Waals surface area (Å²) in [6.07, 6.45) is 0.364. The molecule has 0 aromatic heterocycles. The number of aliphatic hydroxyl groups is 1. The summed E-state index contributed by atoms with van der Waals surface area (Å²) in [6.45, 7) is 3.78. The molecule has 0 radical (unpaired) electrons. The monoisotopic (exact) mass is 262 g/mol. The zero-order valence-electron chi connectivity index (χ0n) is 11.1. The summed E-state index contributed by atoms with van der Waals surface area (Å²) in [6, 6.07) is 4.88. The number of anilines is 1. The molecule has 5 nitrogen and oxygen atoms in total. The zero-order chi connectivity index (χ0) is 14.0. The Hall–Kier alpha value is -1.88. The average Bonchev–Trinajstić information content (AvgIpc) is 2.74. The lowest BCUT2D eigenvalue weighted by molar-refractivity contribution is -0.115. The van der Waals surface area contributed by atoms with E-state index in [4.69, 9.17) is 0 Å². The Labute approximate surface area is 112 Å². The largest absolute Gasteiger partial charge is 0.394 e. The minimum absolute atomic E-state index is 0.0528. The number of amides is 2. The van der Waals surface area contributed by atoms with Crippen LogP contribution in [-0.2, 0) is 11.2 Å². The summed E-state index contributed by atoms with van der Waals surface area (Å²) < 4.78 is 0. The van der Waals surface area contributed by atoms with Crippen LogP contribution in [0.15, 0.2) is 18.2 Å². The molecule has 2 rings (SSSR count). The predicted molar refractivity (Wildman–Crippen MR) is 72.0 cm³/mol. The van der Waals surface area contributed by atoms with Crippen molar-refractivity contribution in [3.05, 3.63) is 29.3 Å². The fourth-order valence-electron chi connectivity index (χ4n) is 2.03. The predicted octanol–water partition coefficient (Wildman–Crippen LogP) is 0.928. The highest BCUT2D eigenvalue weighted by Crippen LogP contribution is 2.24. The van der Waals surface area contributed by atoms with Crippen LogP contribution in [0, 0.1) is 5.92 Å². The smallest absolute Gasteiger partial charge is 0.251 e. The van der Waals surface area contributed by atoms with Crippen molar-refractivity contribution in [3.8, 4) is 0 Å². The summed E-state index contributed by atoms with van der Waals surface area (Å²) in [4.78, 5) is 23.3. The van der Waals surface area contributed by atoms with Gasteiger partial charge in [0.05, 0.1) is 19.1 Å². The molecular formula is C14H18N2O3. The molecule has 0 spiro atoms. The van der Waals surface area contributed by atoms with E-state index in [0.29, 0.717) is 17.7 Å². The van der Waals surface area contributed by atoms with Crippen molar-refractivity contribution in [2.75, 3.05) is 11.9 Å². The van der Waals surface area contributed by atoms with Crippen molar-refractivity contribution < 1.29 is 14.7 Å². The number of aliphatic hydroxyl groups excluding tert-OH is 1. The number of nitrogens with one attached hydrogen (secondary N) is 2. The average molecular weight is 262 g/mol. The molecule has 0 bridgehead atoms. The van der Waals surface area contributed by atoms with E-state index in [0.717, 1.165) is 5.56 Å². The second kappa shape index (κ2) is 5.40. The van der Waals surface area contributed by atoms with E-state index in [1.807, 2.05) is 13.8 Å². The van der Waals surface area contributed by atoms with E-state index in [2.05, 4.69) is 10.6 Å². The van der Waals surface area contributed by atoms with Crippen LogP contribution in [0.1, 0.15) is 29.8 Å². The molecule has 2 amide bonds. The molecule has 1 heterocycles. The second-order valence-corrected chi connectivity index (χ2v) is 5.10. The molecule has 1 unspecified atom stereocenters. The first-order valence-corrected chi connectivity index (χ1v) is 6.35. The van der Waals surface area contributed by atoms with E-state index >= 15 is 0 Å². The first-order valence-electron chi connectivity index (χ1n) is 6.35. The molecule has 19 heavy (non-hydrogen) atoms. The number of hydrogen-bond donors (Lipinski definition) is 3. The van der Waals surface area contributed by atoms with Gasteiger partial charge in [0.1, 0.15) is 0 Å². The van der Waals surface area contributed by atoms with Gasteiger partial charge < -0.3 is 15.7 Å². The number of fused-ring (bicyclic) bond motifs is 1. The highest BCUT2D eigenvalue weighted by Gasteiger charge is 2.20. The Morgan fingerprint density at radius 3 is 2.84 bits per heavy atom. The highest BCUT2D eigenvalue weighted by molar-refractivity contribution is 6.02. The van der Waals surface area contributed by atoms with Crippen LogP contribution in [0.2, 0.25) is 0 Å². The van der Waals surface area contributed by atoms with Crippen LogP contribution >= 0.6 is 0 Å². The van der Waals surface area contributed by atoms with Crippen LogP contribution in [-0.4, -0.2) is 29.6 Å². The molecule has 5 heteroatoms. The third-order valence-corrected chi connectivity index (χ3v) is 3.32. The van der Waals surface area contributed by atoms with Crippen LogP contribution in [0.3, 0.4) is 0 Å².